The number of benzene rings is 1. The molecule has 4 aliphatic carbocycles. The smallest absolute Gasteiger partial charge is 0.421 e. The molecule has 44 heavy (non-hydrogen) atoms. The van der Waals surface area contributed by atoms with Crippen LogP contribution >= 0.6 is 0 Å². The number of halogens is 3. The van der Waals surface area contributed by atoms with Gasteiger partial charge in [-0.3, -0.25) is 4.79 Å². The van der Waals surface area contributed by atoms with E-state index in [-0.39, 0.29) is 29.1 Å². The second-order valence-electron chi connectivity index (χ2n) is 14.6. The van der Waals surface area contributed by atoms with E-state index in [9.17, 15) is 23.1 Å². The molecule has 0 aromatic heterocycles. The molecule has 2 aliphatic heterocycles. The van der Waals surface area contributed by atoms with E-state index in [1.54, 1.807) is 18.2 Å². The predicted molar refractivity (Wildman–Crippen MR) is 160 cm³/mol. The van der Waals surface area contributed by atoms with E-state index in [0.717, 1.165) is 67.4 Å². The van der Waals surface area contributed by atoms with Crippen LogP contribution in [0.3, 0.4) is 0 Å². The number of piperidine rings is 1. The number of allylic oxidation sites excluding steroid dienone is 1. The van der Waals surface area contributed by atoms with Crippen molar-refractivity contribution in [2.45, 2.75) is 82.8 Å². The van der Waals surface area contributed by atoms with Crippen molar-refractivity contribution in [3.8, 4) is 0 Å². The van der Waals surface area contributed by atoms with Gasteiger partial charge in [0.05, 0.1) is 38.9 Å². The van der Waals surface area contributed by atoms with Gasteiger partial charge in [-0.2, -0.15) is 13.2 Å². The summed E-state index contributed by atoms with van der Waals surface area (Å²) in [5.41, 5.74) is -2.25. The van der Waals surface area contributed by atoms with E-state index in [4.69, 9.17) is 9.47 Å². The number of rotatable bonds is 8. The van der Waals surface area contributed by atoms with Crippen molar-refractivity contribution in [2.75, 3.05) is 26.7 Å². The zero-order valence-electron chi connectivity index (χ0n) is 25.8. The van der Waals surface area contributed by atoms with Crippen LogP contribution in [0.15, 0.2) is 59.1 Å². The Morgan fingerprint density at radius 2 is 1.95 bits per heavy atom. The van der Waals surface area contributed by atoms with E-state index in [0.29, 0.717) is 18.4 Å². The number of alkyl halides is 3. The highest BCUT2D eigenvalue weighted by atomic mass is 19.4. The number of hydrogen-bond acceptors (Lipinski definition) is 4. The summed E-state index contributed by atoms with van der Waals surface area (Å²) >= 11 is 0. The number of likely N-dealkylation sites (tertiary alicyclic amines) is 1. The quantitative estimate of drug-likeness (QED) is 0.254. The summed E-state index contributed by atoms with van der Waals surface area (Å²) in [7, 11) is 1.43. The lowest BCUT2D eigenvalue weighted by Gasteiger charge is -2.65. The number of nitrogens with zero attached hydrogens (tertiary/aromatic N) is 1. The fourth-order valence-electron chi connectivity index (χ4n) is 10.2. The van der Waals surface area contributed by atoms with Gasteiger partial charge in [-0.15, -0.1) is 0 Å². The van der Waals surface area contributed by atoms with E-state index >= 15 is 0 Å². The third-order valence-corrected chi connectivity index (χ3v) is 11.7. The first-order chi connectivity index (χ1) is 20.9. The highest BCUT2D eigenvalue weighted by Gasteiger charge is 2.77. The number of quaternary nitrogens is 1. The third-order valence-electron chi connectivity index (χ3n) is 11.7. The lowest BCUT2D eigenvalue weighted by molar-refractivity contribution is -0.968. The van der Waals surface area contributed by atoms with Gasteiger partial charge in [-0.1, -0.05) is 50.6 Å². The highest BCUT2D eigenvalue weighted by molar-refractivity contribution is 5.99. The van der Waals surface area contributed by atoms with Crippen LogP contribution in [0.4, 0.5) is 13.2 Å². The van der Waals surface area contributed by atoms with Crippen LogP contribution in [-0.4, -0.2) is 66.3 Å². The van der Waals surface area contributed by atoms with E-state index in [1.807, 2.05) is 0 Å². The maximum Gasteiger partial charge on any atom is 0.421 e. The molecule has 0 radical (unpaired) electrons. The van der Waals surface area contributed by atoms with Gasteiger partial charge in [0, 0.05) is 48.0 Å². The molecule has 1 aromatic carbocycles. The first kappa shape index (κ1) is 29.9. The number of amides is 1. The maximum absolute atomic E-state index is 14.5. The molecule has 6 aliphatic rings. The SMILES string of the molecule is COC1=CC(O)=C2C[C@@H]3[C@@H]4CCC[C@@H]5OC1(NC(=O)C(=Cc1ccccc1)C(F)(F)F)C2[C@@]54CC[N+]3(CC(C)C)CC1CC1. The molecule has 3 unspecified atom stereocenters. The molecule has 3 saturated carbocycles. The number of carbonyl (C=O) groups is 1. The molecule has 238 valence electrons. The van der Waals surface area contributed by atoms with Gasteiger partial charge < -0.3 is 24.4 Å². The van der Waals surface area contributed by atoms with E-state index in [1.165, 1.54) is 38.2 Å². The van der Waals surface area contributed by atoms with Gasteiger partial charge >= 0.3 is 6.18 Å². The van der Waals surface area contributed by atoms with E-state index in [2.05, 4.69) is 19.2 Å². The number of methoxy groups -OCH3 is 1. The second-order valence-corrected chi connectivity index (χ2v) is 14.6. The number of carbonyl (C=O) groups excluding carboxylic acids is 1. The number of hydrogen-bond donors (Lipinski definition) is 2. The molecule has 9 heteroatoms. The number of aliphatic hydroxyl groups excluding tert-OH is 1. The van der Waals surface area contributed by atoms with Crippen molar-refractivity contribution in [1.82, 2.24) is 5.32 Å². The fraction of sp³-hybridized carbons (Fsp3) is 0.629. The Morgan fingerprint density at radius 3 is 2.61 bits per heavy atom. The molecule has 1 aromatic rings. The molecule has 1 spiro atoms. The summed E-state index contributed by atoms with van der Waals surface area (Å²) in [5.74, 6) is 0.0542. The normalized spacial score (nSPS) is 37.9. The Hall–Kier alpha value is -2.78. The maximum atomic E-state index is 14.5. The van der Waals surface area contributed by atoms with Crippen molar-refractivity contribution in [1.29, 1.82) is 0 Å². The van der Waals surface area contributed by atoms with Gasteiger partial charge in [0.25, 0.3) is 5.91 Å². The second kappa shape index (κ2) is 10.4. The van der Waals surface area contributed by atoms with Crippen LogP contribution in [-0.2, 0) is 14.3 Å². The molecule has 2 saturated heterocycles. The predicted octanol–water partition coefficient (Wildman–Crippen LogP) is 6.66. The summed E-state index contributed by atoms with van der Waals surface area (Å²) in [4.78, 5) is 13.8. The van der Waals surface area contributed by atoms with Crippen molar-refractivity contribution < 1.29 is 37.0 Å². The number of nitrogens with one attached hydrogen (secondary N) is 1. The molecule has 1 amide bonds. The summed E-state index contributed by atoms with van der Waals surface area (Å²) in [6.07, 6.45) is 4.00. The van der Waals surface area contributed by atoms with Gasteiger partial charge in [-0.05, 0) is 42.9 Å². The lowest BCUT2D eigenvalue weighted by Crippen LogP contribution is -2.74. The Kier molecular flexibility index (Phi) is 7.05. The van der Waals surface area contributed by atoms with Gasteiger partial charge in [0.15, 0.2) is 5.76 Å². The van der Waals surface area contributed by atoms with Crippen molar-refractivity contribution in [2.24, 2.45) is 29.1 Å². The minimum Gasteiger partial charge on any atom is -0.508 e. The van der Waals surface area contributed by atoms with Crippen LogP contribution in [0.1, 0.15) is 64.4 Å². The molecule has 2 heterocycles. The number of aliphatic hydroxyl groups is 1. The first-order valence-corrected chi connectivity index (χ1v) is 16.3. The monoisotopic (exact) mass is 613 g/mol. The van der Waals surface area contributed by atoms with Crippen molar-refractivity contribution in [3.63, 3.8) is 0 Å². The van der Waals surface area contributed by atoms with Crippen molar-refractivity contribution >= 4 is 12.0 Å². The summed E-state index contributed by atoms with van der Waals surface area (Å²) < 4.78 is 57.2. The summed E-state index contributed by atoms with van der Waals surface area (Å²) in [5, 5.41) is 14.4. The molecular weight excluding hydrogens is 569 g/mol. The molecule has 7 atom stereocenters. The molecule has 5 fully saturated rings. The van der Waals surface area contributed by atoms with Crippen LogP contribution in [0.2, 0.25) is 0 Å². The summed E-state index contributed by atoms with van der Waals surface area (Å²) in [6.45, 7) is 7.80. The van der Waals surface area contributed by atoms with E-state index < -0.39 is 34.7 Å². The number of ether oxygens (including phenoxy) is 2. The molecule has 7 rings (SSSR count). The molecule has 2 bridgehead atoms. The minimum absolute atomic E-state index is 0.112. The van der Waals surface area contributed by atoms with Crippen molar-refractivity contribution in [3.05, 3.63) is 64.6 Å². The van der Waals surface area contributed by atoms with Crippen LogP contribution in [0.5, 0.6) is 0 Å². The zero-order chi connectivity index (χ0) is 31.1. The average Bonchev–Trinajstić information content (AvgIpc) is 3.73. The minimum atomic E-state index is -4.89. The molecular formula is C35H44F3N2O4+. The first-order valence-electron chi connectivity index (χ1n) is 16.3. The molecule has 6 nitrogen and oxygen atoms in total. The van der Waals surface area contributed by atoms with Gasteiger partial charge in [0.2, 0.25) is 5.72 Å². The Balaban J connectivity index is 1.34. The molecule has 2 N–H and O–H groups in total. The third kappa shape index (κ3) is 4.47. The standard InChI is InChI=1S/C35H43F3N2O4/c1-21(2)19-40(20-23-12-13-23)15-14-33-25-10-7-11-29(33)44-34(30(43-3)18-28(41)24(31(33)34)17-27(25)40)39-32(42)26(35(36,37)38)16-22-8-5-4-6-9-22/h4-6,8-9,16,18,21,23,25,27,29,31H,7,10-15,17,19-20H2,1-3H3,(H-,39,41,42)/p+1/t25-,27+,29-,31?,33+,34?,40?/m0/s1. The largest absolute Gasteiger partial charge is 0.508 e. The Morgan fingerprint density at radius 1 is 1.20 bits per heavy atom. The van der Waals surface area contributed by atoms with Gasteiger partial charge in [0.1, 0.15) is 11.3 Å². The highest BCUT2D eigenvalue weighted by Crippen LogP contribution is 2.71. The zero-order valence-corrected chi connectivity index (χ0v) is 25.8. The Labute approximate surface area is 257 Å². The Bertz CT molecular complexity index is 1410. The fourth-order valence-corrected chi connectivity index (χ4v) is 10.2. The van der Waals surface area contributed by atoms with Gasteiger partial charge in [-0.25, -0.2) is 0 Å². The van der Waals surface area contributed by atoms with Crippen LogP contribution in [0.25, 0.3) is 6.08 Å². The summed E-state index contributed by atoms with van der Waals surface area (Å²) in [6, 6.07) is 8.36. The van der Waals surface area contributed by atoms with Crippen LogP contribution in [0, 0.1) is 29.1 Å². The topological polar surface area (TPSA) is 67.8 Å². The average molecular weight is 614 g/mol. The lowest BCUT2D eigenvalue weighted by atomic mass is 9.46. The van der Waals surface area contributed by atoms with Crippen LogP contribution < -0.4 is 5.32 Å².